The lowest BCUT2D eigenvalue weighted by atomic mass is 10.2. The van der Waals surface area contributed by atoms with E-state index in [0.29, 0.717) is 10.4 Å². The second kappa shape index (κ2) is 10.1. The van der Waals surface area contributed by atoms with Crippen molar-refractivity contribution in [3.8, 4) is 0 Å². The highest BCUT2D eigenvalue weighted by molar-refractivity contribution is 7.92. The first-order valence-corrected chi connectivity index (χ1v) is 13.0. The van der Waals surface area contributed by atoms with Crippen molar-refractivity contribution in [3.05, 3.63) is 54.1 Å². The van der Waals surface area contributed by atoms with E-state index in [-0.39, 0.29) is 29.4 Å². The van der Waals surface area contributed by atoms with Crippen molar-refractivity contribution < 1.29 is 34.8 Å². The zero-order valence-corrected chi connectivity index (χ0v) is 19.8. The van der Waals surface area contributed by atoms with Crippen molar-refractivity contribution in [2.45, 2.75) is 24.9 Å². The highest BCUT2D eigenvalue weighted by atomic mass is 32.2. The van der Waals surface area contributed by atoms with E-state index < -0.39 is 44.2 Å². The smallest absolute Gasteiger partial charge is 0.325 e. The summed E-state index contributed by atoms with van der Waals surface area (Å²) in [6.45, 7) is 3.20. The van der Waals surface area contributed by atoms with Crippen LogP contribution < -0.4 is 9.62 Å². The second-order valence-corrected chi connectivity index (χ2v) is 10.8. The van der Waals surface area contributed by atoms with E-state index in [1.807, 2.05) is 0 Å². The first kappa shape index (κ1) is 26.6. The van der Waals surface area contributed by atoms with Crippen LogP contribution in [0.1, 0.15) is 19.4 Å². The molecule has 0 fully saturated rings. The Labute approximate surface area is 191 Å². The third-order valence-corrected chi connectivity index (χ3v) is 7.83. The molecule has 1 N–H and O–H groups in total. The standard InChI is InChI=1S/C20H24F3N3O5S2/c1-4-25(5-2)33(30,31)18-11-9-16(10-12-18)24-19(27)14-26(32(3,28)29)17-8-6-7-15(13-17)20(21,22)23/h6-13H,4-5,14H2,1-3H3,(H,24,27). The van der Waals surface area contributed by atoms with Gasteiger partial charge in [-0.3, -0.25) is 9.10 Å². The summed E-state index contributed by atoms with van der Waals surface area (Å²) in [5.74, 6) is -0.822. The molecule has 2 aromatic carbocycles. The number of nitrogens with zero attached hydrogens (tertiary/aromatic N) is 2. The van der Waals surface area contributed by atoms with Gasteiger partial charge in [0.25, 0.3) is 0 Å². The zero-order valence-electron chi connectivity index (χ0n) is 18.1. The molecule has 0 aromatic heterocycles. The number of rotatable bonds is 9. The maximum absolute atomic E-state index is 13.0. The van der Waals surface area contributed by atoms with E-state index >= 15 is 0 Å². The Kier molecular flexibility index (Phi) is 8.14. The molecule has 2 rings (SSSR count). The largest absolute Gasteiger partial charge is 0.416 e. The summed E-state index contributed by atoms with van der Waals surface area (Å²) in [6, 6.07) is 8.89. The van der Waals surface area contributed by atoms with Crippen LogP contribution in [0.15, 0.2) is 53.4 Å². The molecule has 0 unspecified atom stereocenters. The summed E-state index contributed by atoms with van der Waals surface area (Å²) in [4.78, 5) is 12.5. The van der Waals surface area contributed by atoms with Gasteiger partial charge in [0.2, 0.25) is 26.0 Å². The molecule has 0 aliphatic rings. The third-order valence-electron chi connectivity index (χ3n) is 4.63. The quantitative estimate of drug-likeness (QED) is 0.562. The van der Waals surface area contributed by atoms with Crippen LogP contribution in [-0.2, 0) is 31.0 Å². The number of anilines is 2. The zero-order chi connectivity index (χ0) is 25.0. The van der Waals surface area contributed by atoms with Gasteiger partial charge in [-0.2, -0.15) is 17.5 Å². The number of carbonyl (C=O) groups excluding carboxylic acids is 1. The molecule has 1 amide bonds. The van der Waals surface area contributed by atoms with Gasteiger partial charge in [0.1, 0.15) is 6.54 Å². The predicted molar refractivity (Wildman–Crippen MR) is 119 cm³/mol. The van der Waals surface area contributed by atoms with E-state index in [0.717, 1.165) is 24.5 Å². The van der Waals surface area contributed by atoms with Gasteiger partial charge in [-0.25, -0.2) is 16.8 Å². The number of carbonyl (C=O) groups is 1. The summed E-state index contributed by atoms with van der Waals surface area (Å²) in [7, 11) is -7.78. The lowest BCUT2D eigenvalue weighted by molar-refractivity contribution is -0.137. The fraction of sp³-hybridized carbons (Fsp3) is 0.350. The monoisotopic (exact) mass is 507 g/mol. The van der Waals surface area contributed by atoms with Crippen molar-refractivity contribution in [1.82, 2.24) is 4.31 Å². The summed E-state index contributed by atoms with van der Waals surface area (Å²) in [5, 5.41) is 2.42. The van der Waals surface area contributed by atoms with Crippen molar-refractivity contribution in [3.63, 3.8) is 0 Å². The Morgan fingerprint density at radius 1 is 0.970 bits per heavy atom. The molecule has 0 radical (unpaired) electrons. The lowest BCUT2D eigenvalue weighted by Crippen LogP contribution is -2.37. The second-order valence-electron chi connectivity index (χ2n) is 6.98. The summed E-state index contributed by atoms with van der Waals surface area (Å²) in [6.07, 6.45) is -3.91. The van der Waals surface area contributed by atoms with Gasteiger partial charge in [-0.05, 0) is 42.5 Å². The predicted octanol–water partition coefficient (Wildman–Crippen LogP) is 3.14. The van der Waals surface area contributed by atoms with E-state index in [2.05, 4.69) is 5.32 Å². The molecular weight excluding hydrogens is 483 g/mol. The molecule has 0 spiro atoms. The number of sulfonamides is 2. The van der Waals surface area contributed by atoms with Crippen LogP contribution in [0.3, 0.4) is 0 Å². The minimum absolute atomic E-state index is 0.0194. The van der Waals surface area contributed by atoms with Gasteiger partial charge < -0.3 is 5.32 Å². The fourth-order valence-corrected chi connectivity index (χ4v) is 5.30. The Bertz CT molecular complexity index is 1190. The Morgan fingerprint density at radius 3 is 2.03 bits per heavy atom. The molecule has 2 aromatic rings. The molecule has 0 bridgehead atoms. The number of hydrogen-bond acceptors (Lipinski definition) is 5. The van der Waals surface area contributed by atoms with Gasteiger partial charge in [0, 0.05) is 18.8 Å². The van der Waals surface area contributed by atoms with Crippen LogP contribution in [0.2, 0.25) is 0 Å². The highest BCUT2D eigenvalue weighted by Crippen LogP contribution is 2.32. The number of amides is 1. The molecule has 13 heteroatoms. The number of nitrogens with one attached hydrogen (secondary N) is 1. The van der Waals surface area contributed by atoms with Crippen LogP contribution in [0.4, 0.5) is 24.5 Å². The maximum Gasteiger partial charge on any atom is 0.416 e. The number of hydrogen-bond donors (Lipinski definition) is 1. The minimum atomic E-state index is -4.69. The topological polar surface area (TPSA) is 104 Å². The average molecular weight is 508 g/mol. The molecule has 0 saturated carbocycles. The van der Waals surface area contributed by atoms with Crippen LogP contribution in [0, 0.1) is 0 Å². The van der Waals surface area contributed by atoms with Crippen molar-refractivity contribution >= 4 is 37.3 Å². The van der Waals surface area contributed by atoms with E-state index in [1.54, 1.807) is 13.8 Å². The molecule has 0 aliphatic carbocycles. The van der Waals surface area contributed by atoms with Crippen molar-refractivity contribution in [1.29, 1.82) is 0 Å². The first-order valence-electron chi connectivity index (χ1n) is 9.75. The third kappa shape index (κ3) is 6.68. The van der Waals surface area contributed by atoms with Crippen molar-refractivity contribution in [2.75, 3.05) is 35.5 Å². The minimum Gasteiger partial charge on any atom is -0.325 e. The lowest BCUT2D eigenvalue weighted by Gasteiger charge is -2.23. The van der Waals surface area contributed by atoms with Crippen molar-refractivity contribution in [2.24, 2.45) is 0 Å². The Morgan fingerprint density at radius 2 is 1.55 bits per heavy atom. The molecule has 0 aliphatic heterocycles. The van der Waals surface area contributed by atoms with Crippen LogP contribution in [0.25, 0.3) is 0 Å². The molecule has 33 heavy (non-hydrogen) atoms. The molecule has 0 atom stereocenters. The van der Waals surface area contributed by atoms with Gasteiger partial charge in [0.05, 0.1) is 22.4 Å². The number of benzene rings is 2. The van der Waals surface area contributed by atoms with E-state index in [4.69, 9.17) is 0 Å². The number of halogens is 3. The average Bonchev–Trinajstić information content (AvgIpc) is 2.72. The molecule has 0 saturated heterocycles. The van der Waals surface area contributed by atoms with Gasteiger partial charge in [-0.15, -0.1) is 0 Å². The molecular formula is C20H24F3N3O5S2. The fourth-order valence-electron chi connectivity index (χ4n) is 2.99. The summed E-state index contributed by atoms with van der Waals surface area (Å²) >= 11 is 0. The summed E-state index contributed by atoms with van der Waals surface area (Å²) < 4.78 is 90.2. The highest BCUT2D eigenvalue weighted by Gasteiger charge is 2.32. The Balaban J connectivity index is 2.22. The van der Waals surface area contributed by atoms with Gasteiger partial charge >= 0.3 is 6.18 Å². The van der Waals surface area contributed by atoms with E-state index in [9.17, 15) is 34.8 Å². The number of alkyl halides is 3. The van der Waals surface area contributed by atoms with Crippen LogP contribution in [0.5, 0.6) is 0 Å². The SMILES string of the molecule is CCN(CC)S(=O)(=O)c1ccc(NC(=O)CN(c2cccc(C(F)(F)F)c2)S(C)(=O)=O)cc1. The van der Waals surface area contributed by atoms with Crippen LogP contribution in [-0.4, -0.2) is 52.9 Å². The van der Waals surface area contributed by atoms with E-state index in [1.165, 1.54) is 28.6 Å². The normalized spacial score (nSPS) is 12.6. The Hall–Kier alpha value is -2.64. The maximum atomic E-state index is 13.0. The van der Waals surface area contributed by atoms with Gasteiger partial charge in [0.15, 0.2) is 0 Å². The first-order chi connectivity index (χ1) is 15.2. The van der Waals surface area contributed by atoms with Gasteiger partial charge in [-0.1, -0.05) is 19.9 Å². The summed E-state index contributed by atoms with van der Waals surface area (Å²) in [5.41, 5.74) is -1.18. The molecule has 182 valence electrons. The molecule has 8 nitrogen and oxygen atoms in total. The van der Waals surface area contributed by atoms with Crippen LogP contribution >= 0.6 is 0 Å². The molecule has 0 heterocycles.